The van der Waals surface area contributed by atoms with Crippen LogP contribution in [0.15, 0.2) is 41.3 Å². The largest absolute Gasteiger partial charge is 0.496 e. The van der Waals surface area contributed by atoms with E-state index in [1.807, 2.05) is 0 Å². The third-order valence-corrected chi connectivity index (χ3v) is 5.46. The van der Waals surface area contributed by atoms with Gasteiger partial charge in [0.05, 0.1) is 25.5 Å². The maximum absolute atomic E-state index is 12.4. The lowest BCUT2D eigenvalue weighted by Gasteiger charge is -2.11. The molecular formula is C18H20N2O6S. The van der Waals surface area contributed by atoms with Crippen LogP contribution in [0.5, 0.6) is 17.2 Å². The molecule has 1 aliphatic rings. The molecular weight excluding hydrogens is 372 g/mol. The number of fused-ring (bicyclic) bond motifs is 1. The minimum Gasteiger partial charge on any atom is -0.496 e. The Bertz CT molecular complexity index is 936. The summed E-state index contributed by atoms with van der Waals surface area (Å²) in [5.41, 5.74) is 1.32. The van der Waals surface area contributed by atoms with Gasteiger partial charge in [-0.2, -0.15) is 0 Å². The smallest absolute Gasteiger partial charge is 0.240 e. The van der Waals surface area contributed by atoms with Crippen LogP contribution in [-0.4, -0.2) is 41.7 Å². The van der Waals surface area contributed by atoms with E-state index in [4.69, 9.17) is 14.2 Å². The van der Waals surface area contributed by atoms with Gasteiger partial charge in [-0.3, -0.25) is 4.79 Å². The number of amides is 1. The second kappa shape index (κ2) is 7.85. The van der Waals surface area contributed by atoms with Crippen molar-refractivity contribution in [3.05, 3.63) is 42.0 Å². The van der Waals surface area contributed by atoms with Gasteiger partial charge in [0.2, 0.25) is 15.9 Å². The van der Waals surface area contributed by atoms with E-state index in [0.29, 0.717) is 28.5 Å². The minimum atomic E-state index is -3.70. The zero-order chi connectivity index (χ0) is 19.4. The summed E-state index contributed by atoms with van der Waals surface area (Å²) >= 11 is 0. The Kier molecular flexibility index (Phi) is 5.52. The van der Waals surface area contributed by atoms with E-state index in [9.17, 15) is 13.2 Å². The number of sulfonamides is 1. The molecule has 1 heterocycles. The van der Waals surface area contributed by atoms with Gasteiger partial charge in [0, 0.05) is 30.4 Å². The van der Waals surface area contributed by atoms with Crippen molar-refractivity contribution >= 4 is 21.6 Å². The normalized spacial score (nSPS) is 13.0. The van der Waals surface area contributed by atoms with Crippen molar-refractivity contribution in [2.75, 3.05) is 32.7 Å². The molecule has 0 unspecified atom stereocenters. The summed E-state index contributed by atoms with van der Waals surface area (Å²) in [6.45, 7) is 0.205. The van der Waals surface area contributed by atoms with Crippen molar-refractivity contribution in [1.29, 1.82) is 0 Å². The summed E-state index contributed by atoms with van der Waals surface area (Å²) in [6.07, 6.45) is 0.180. The molecule has 0 fully saturated rings. The van der Waals surface area contributed by atoms with E-state index < -0.39 is 10.0 Å². The molecule has 0 aliphatic carbocycles. The third-order valence-electron chi connectivity index (χ3n) is 4.00. The van der Waals surface area contributed by atoms with Gasteiger partial charge in [0.1, 0.15) is 23.9 Å². The van der Waals surface area contributed by atoms with Crippen molar-refractivity contribution in [2.24, 2.45) is 0 Å². The molecule has 27 heavy (non-hydrogen) atoms. The lowest BCUT2D eigenvalue weighted by molar-refractivity contribution is -0.115. The van der Waals surface area contributed by atoms with Crippen LogP contribution in [0, 0.1) is 0 Å². The number of nitrogens with one attached hydrogen (secondary N) is 2. The van der Waals surface area contributed by atoms with Crippen LogP contribution in [0.4, 0.5) is 5.69 Å². The number of ether oxygens (including phenoxy) is 3. The Morgan fingerprint density at radius 1 is 1.04 bits per heavy atom. The Morgan fingerprint density at radius 2 is 1.70 bits per heavy atom. The molecule has 0 atom stereocenters. The summed E-state index contributed by atoms with van der Waals surface area (Å²) < 4.78 is 43.2. The molecule has 0 aromatic heterocycles. The summed E-state index contributed by atoms with van der Waals surface area (Å²) in [6, 6.07) is 9.63. The number of carbonyl (C=O) groups excluding carboxylic acids is 1. The molecule has 9 heteroatoms. The molecule has 0 saturated carbocycles. The van der Waals surface area contributed by atoms with Gasteiger partial charge in [-0.05, 0) is 23.8 Å². The van der Waals surface area contributed by atoms with Crippen LogP contribution in [0.3, 0.4) is 0 Å². The molecule has 0 bridgehead atoms. The summed E-state index contributed by atoms with van der Waals surface area (Å²) in [5, 5.41) is 2.67. The SMILES string of the molecule is COc1cc(OC)cc(OCCNS(=O)(=O)c2ccc3c(c2)CC(=O)N3)c1. The molecule has 1 aliphatic heterocycles. The second-order valence-electron chi connectivity index (χ2n) is 5.84. The third kappa shape index (κ3) is 4.50. The van der Waals surface area contributed by atoms with Crippen LogP contribution < -0.4 is 24.2 Å². The molecule has 2 N–H and O–H groups in total. The topological polar surface area (TPSA) is 103 Å². The summed E-state index contributed by atoms with van der Waals surface area (Å²) in [7, 11) is -0.630. The van der Waals surface area contributed by atoms with Crippen molar-refractivity contribution in [3.63, 3.8) is 0 Å². The summed E-state index contributed by atoms with van der Waals surface area (Å²) in [4.78, 5) is 11.5. The quantitative estimate of drug-likeness (QED) is 0.661. The zero-order valence-corrected chi connectivity index (χ0v) is 15.8. The Morgan fingerprint density at radius 3 is 2.37 bits per heavy atom. The first-order valence-corrected chi connectivity index (χ1v) is 9.68. The van der Waals surface area contributed by atoms with E-state index in [2.05, 4.69) is 10.0 Å². The lowest BCUT2D eigenvalue weighted by Crippen LogP contribution is -2.28. The fourth-order valence-corrected chi connectivity index (χ4v) is 3.73. The highest BCUT2D eigenvalue weighted by Crippen LogP contribution is 2.27. The molecule has 2 aromatic rings. The molecule has 1 amide bonds. The van der Waals surface area contributed by atoms with Gasteiger partial charge >= 0.3 is 0 Å². The van der Waals surface area contributed by atoms with E-state index in [1.54, 1.807) is 24.3 Å². The minimum absolute atomic E-state index is 0.0795. The lowest BCUT2D eigenvalue weighted by atomic mass is 10.2. The molecule has 144 valence electrons. The van der Waals surface area contributed by atoms with Crippen molar-refractivity contribution in [2.45, 2.75) is 11.3 Å². The Hall–Kier alpha value is -2.78. The fraction of sp³-hybridized carbons (Fsp3) is 0.278. The Labute approximate surface area is 157 Å². The second-order valence-corrected chi connectivity index (χ2v) is 7.61. The standard InChI is InChI=1S/C18H20N2O6S/c1-24-13-9-14(25-2)11-15(10-13)26-6-5-19-27(22,23)16-3-4-17-12(7-16)8-18(21)20-17/h3-4,7,9-11,19H,5-6,8H2,1-2H3,(H,20,21). The predicted octanol–water partition coefficient (Wildman–Crippen LogP) is 1.56. The van der Waals surface area contributed by atoms with Gasteiger partial charge in [0.15, 0.2) is 0 Å². The van der Waals surface area contributed by atoms with Crippen LogP contribution in [0.2, 0.25) is 0 Å². The van der Waals surface area contributed by atoms with Gasteiger partial charge in [0.25, 0.3) is 0 Å². The van der Waals surface area contributed by atoms with Crippen molar-refractivity contribution in [1.82, 2.24) is 4.72 Å². The first-order chi connectivity index (χ1) is 12.9. The number of hydrogen-bond acceptors (Lipinski definition) is 6. The predicted molar refractivity (Wildman–Crippen MR) is 99.0 cm³/mol. The van der Waals surface area contributed by atoms with Gasteiger partial charge < -0.3 is 19.5 Å². The van der Waals surface area contributed by atoms with Crippen LogP contribution in [-0.2, 0) is 21.2 Å². The molecule has 0 spiro atoms. The average Bonchev–Trinajstić information content (AvgIpc) is 3.04. The van der Waals surface area contributed by atoms with Gasteiger partial charge in [-0.1, -0.05) is 0 Å². The van der Waals surface area contributed by atoms with E-state index in [-0.39, 0.29) is 30.4 Å². The number of carbonyl (C=O) groups is 1. The first-order valence-electron chi connectivity index (χ1n) is 8.19. The fourth-order valence-electron chi connectivity index (χ4n) is 2.67. The molecule has 0 saturated heterocycles. The number of anilines is 1. The van der Waals surface area contributed by atoms with Crippen LogP contribution >= 0.6 is 0 Å². The highest BCUT2D eigenvalue weighted by molar-refractivity contribution is 7.89. The average molecular weight is 392 g/mol. The maximum Gasteiger partial charge on any atom is 0.240 e. The highest BCUT2D eigenvalue weighted by Gasteiger charge is 2.21. The zero-order valence-electron chi connectivity index (χ0n) is 14.9. The number of rotatable bonds is 8. The van der Waals surface area contributed by atoms with Crippen LogP contribution in [0.1, 0.15) is 5.56 Å². The summed E-state index contributed by atoms with van der Waals surface area (Å²) in [5.74, 6) is 1.51. The number of hydrogen-bond donors (Lipinski definition) is 2. The van der Waals surface area contributed by atoms with Crippen molar-refractivity contribution < 1.29 is 27.4 Å². The van der Waals surface area contributed by atoms with E-state index >= 15 is 0 Å². The monoisotopic (exact) mass is 392 g/mol. The molecule has 3 rings (SSSR count). The molecule has 2 aromatic carbocycles. The number of methoxy groups -OCH3 is 2. The van der Waals surface area contributed by atoms with Gasteiger partial charge in [-0.15, -0.1) is 0 Å². The van der Waals surface area contributed by atoms with Crippen molar-refractivity contribution in [3.8, 4) is 17.2 Å². The maximum atomic E-state index is 12.4. The number of benzene rings is 2. The van der Waals surface area contributed by atoms with E-state index in [0.717, 1.165) is 0 Å². The van der Waals surface area contributed by atoms with Gasteiger partial charge in [-0.25, -0.2) is 13.1 Å². The molecule has 0 radical (unpaired) electrons. The molecule has 8 nitrogen and oxygen atoms in total. The van der Waals surface area contributed by atoms with Crippen LogP contribution in [0.25, 0.3) is 0 Å². The Balaban J connectivity index is 1.59. The highest BCUT2D eigenvalue weighted by atomic mass is 32.2. The first kappa shape index (κ1) is 19.0. The van der Waals surface area contributed by atoms with E-state index in [1.165, 1.54) is 26.4 Å².